The van der Waals surface area contributed by atoms with Gasteiger partial charge in [0.05, 0.1) is 7.11 Å². The Labute approximate surface area is 142 Å². The monoisotopic (exact) mass is 334 g/mol. The Hall–Kier alpha value is -2.08. The van der Waals surface area contributed by atoms with E-state index < -0.39 is 23.7 Å². The molecule has 3 N–H and O–H groups in total. The molecule has 1 amide bonds. The number of carbonyl (C=O) groups excluding carboxylic acids is 2. The third-order valence-electron chi connectivity index (χ3n) is 4.28. The van der Waals surface area contributed by atoms with Crippen molar-refractivity contribution < 1.29 is 19.1 Å². The average molecular weight is 334 g/mol. The Bertz CT molecular complexity index is 645. The summed E-state index contributed by atoms with van der Waals surface area (Å²) in [7, 11) is 1.34. The zero-order valence-electron chi connectivity index (χ0n) is 14.9. The molecule has 2 rings (SSSR count). The van der Waals surface area contributed by atoms with Crippen LogP contribution in [-0.2, 0) is 19.7 Å². The minimum Gasteiger partial charge on any atom is -0.468 e. The van der Waals surface area contributed by atoms with Gasteiger partial charge in [0, 0.05) is 11.1 Å². The summed E-state index contributed by atoms with van der Waals surface area (Å²) in [5, 5.41) is 2.74. The molecule has 0 radical (unpaired) electrons. The number of hydrogen-bond donors (Lipinski definition) is 2. The van der Waals surface area contributed by atoms with Gasteiger partial charge < -0.3 is 15.2 Å². The fourth-order valence-electron chi connectivity index (χ4n) is 2.79. The first-order chi connectivity index (χ1) is 11.1. The molecule has 6 heteroatoms. The largest absolute Gasteiger partial charge is 0.468 e. The van der Waals surface area contributed by atoms with E-state index in [2.05, 4.69) is 5.32 Å². The second kappa shape index (κ2) is 6.43. The number of nitrogens with two attached hydrogens (primary N) is 1. The van der Waals surface area contributed by atoms with E-state index in [9.17, 15) is 9.59 Å². The molecule has 1 saturated carbocycles. The molecule has 0 spiro atoms. The number of carbonyl (C=O) groups is 2. The van der Waals surface area contributed by atoms with E-state index in [1.54, 1.807) is 0 Å². The van der Waals surface area contributed by atoms with Crippen molar-refractivity contribution in [1.29, 1.82) is 0 Å². The second-order valence-electron chi connectivity index (χ2n) is 7.31. The highest BCUT2D eigenvalue weighted by Gasteiger charge is 2.52. The van der Waals surface area contributed by atoms with Gasteiger partial charge >= 0.3 is 12.1 Å². The number of aryl methyl sites for hydroxylation is 1. The molecule has 1 aromatic rings. The highest BCUT2D eigenvalue weighted by atomic mass is 16.6. The lowest BCUT2D eigenvalue weighted by Gasteiger charge is -2.23. The zero-order chi connectivity index (χ0) is 18.1. The predicted octanol–water partition coefficient (Wildman–Crippen LogP) is 2.87. The molecule has 0 bridgehead atoms. The third kappa shape index (κ3) is 3.87. The van der Waals surface area contributed by atoms with Crippen molar-refractivity contribution >= 4 is 17.7 Å². The summed E-state index contributed by atoms with van der Waals surface area (Å²) < 4.78 is 10.0. The first kappa shape index (κ1) is 18.3. The van der Waals surface area contributed by atoms with E-state index in [0.29, 0.717) is 5.69 Å². The lowest BCUT2D eigenvalue weighted by molar-refractivity contribution is -0.143. The molecule has 24 heavy (non-hydrogen) atoms. The molecule has 0 aliphatic heterocycles. The highest BCUT2D eigenvalue weighted by Crippen LogP contribution is 2.51. The molecule has 1 aromatic carbocycles. The molecular formula is C18H26N2O4. The molecule has 1 fully saturated rings. The van der Waals surface area contributed by atoms with Crippen molar-refractivity contribution in [2.75, 3.05) is 12.4 Å². The fraction of sp³-hybridized carbons (Fsp3) is 0.556. The lowest BCUT2D eigenvalue weighted by atomic mass is 9.87. The summed E-state index contributed by atoms with van der Waals surface area (Å²) in [6.07, 6.45) is 1.20. The first-order valence-corrected chi connectivity index (χ1v) is 8.03. The van der Waals surface area contributed by atoms with Gasteiger partial charge in [-0.1, -0.05) is 12.1 Å². The van der Waals surface area contributed by atoms with Crippen LogP contribution < -0.4 is 11.1 Å². The maximum absolute atomic E-state index is 11.9. The van der Waals surface area contributed by atoms with E-state index in [-0.39, 0.29) is 5.41 Å². The first-order valence-electron chi connectivity index (χ1n) is 8.03. The van der Waals surface area contributed by atoms with Crippen LogP contribution >= 0.6 is 0 Å². The average Bonchev–Trinajstić information content (AvgIpc) is 3.27. The van der Waals surface area contributed by atoms with Crippen LogP contribution in [0.1, 0.15) is 44.7 Å². The summed E-state index contributed by atoms with van der Waals surface area (Å²) in [5.74, 6) is -0.402. The molecule has 1 unspecified atom stereocenters. The number of anilines is 1. The van der Waals surface area contributed by atoms with E-state index in [0.717, 1.165) is 24.0 Å². The van der Waals surface area contributed by atoms with E-state index >= 15 is 0 Å². The molecule has 0 heterocycles. The highest BCUT2D eigenvalue weighted by molar-refractivity contribution is 5.86. The fourth-order valence-corrected chi connectivity index (χ4v) is 2.79. The van der Waals surface area contributed by atoms with E-state index in [1.165, 1.54) is 7.11 Å². The topological polar surface area (TPSA) is 90.6 Å². The van der Waals surface area contributed by atoms with Gasteiger partial charge in [0.15, 0.2) is 0 Å². The summed E-state index contributed by atoms with van der Waals surface area (Å²) in [5.41, 5.74) is 7.72. The van der Waals surface area contributed by atoms with Crippen molar-refractivity contribution in [3.8, 4) is 0 Å². The minimum absolute atomic E-state index is 0.359. The van der Waals surface area contributed by atoms with Crippen molar-refractivity contribution in [2.24, 2.45) is 5.73 Å². The Kier molecular flexibility index (Phi) is 4.90. The van der Waals surface area contributed by atoms with Crippen LogP contribution in [0, 0.1) is 6.92 Å². The number of amides is 1. The SMILES string of the molecule is COC(=O)C(N)C1(c2ccc(NC(=O)OC(C)(C)C)c(C)c2)CC1. The van der Waals surface area contributed by atoms with Crippen LogP contribution in [-0.4, -0.2) is 30.8 Å². The predicted molar refractivity (Wildman–Crippen MR) is 91.9 cm³/mol. The number of ether oxygens (including phenoxy) is 2. The Morgan fingerprint density at radius 1 is 1.29 bits per heavy atom. The van der Waals surface area contributed by atoms with Crippen LogP contribution in [0.3, 0.4) is 0 Å². The third-order valence-corrected chi connectivity index (χ3v) is 4.28. The number of rotatable bonds is 4. The second-order valence-corrected chi connectivity index (χ2v) is 7.31. The Balaban J connectivity index is 2.16. The smallest absolute Gasteiger partial charge is 0.412 e. The van der Waals surface area contributed by atoms with Crippen molar-refractivity contribution in [3.05, 3.63) is 29.3 Å². The van der Waals surface area contributed by atoms with Gasteiger partial charge in [-0.05, 0) is 57.7 Å². The molecule has 6 nitrogen and oxygen atoms in total. The van der Waals surface area contributed by atoms with Gasteiger partial charge in [-0.3, -0.25) is 10.1 Å². The maximum atomic E-state index is 11.9. The van der Waals surface area contributed by atoms with Gasteiger partial charge in [0.25, 0.3) is 0 Å². The Morgan fingerprint density at radius 3 is 2.38 bits per heavy atom. The van der Waals surface area contributed by atoms with Gasteiger partial charge in [0.1, 0.15) is 11.6 Å². The molecule has 1 aliphatic carbocycles. The van der Waals surface area contributed by atoms with E-state index in [1.807, 2.05) is 45.9 Å². The van der Waals surface area contributed by atoms with Crippen LogP contribution in [0.2, 0.25) is 0 Å². The van der Waals surface area contributed by atoms with Crippen molar-refractivity contribution in [3.63, 3.8) is 0 Å². The number of methoxy groups -OCH3 is 1. The van der Waals surface area contributed by atoms with E-state index in [4.69, 9.17) is 15.2 Å². The minimum atomic E-state index is -0.674. The van der Waals surface area contributed by atoms with Gasteiger partial charge in [-0.15, -0.1) is 0 Å². The zero-order valence-corrected chi connectivity index (χ0v) is 14.9. The van der Waals surface area contributed by atoms with Crippen molar-refractivity contribution in [2.45, 2.75) is 57.6 Å². The quantitative estimate of drug-likeness (QED) is 0.826. The molecular weight excluding hydrogens is 308 g/mol. The number of hydrogen-bond acceptors (Lipinski definition) is 5. The standard InChI is InChI=1S/C18H26N2O4/c1-11-10-12(18(8-9-18)14(19)15(21)23-5)6-7-13(11)20-16(22)24-17(2,3)4/h6-7,10,14H,8-9,19H2,1-5H3,(H,20,22). The molecule has 0 saturated heterocycles. The summed E-state index contributed by atoms with van der Waals surface area (Å²) in [6.45, 7) is 7.34. The van der Waals surface area contributed by atoms with Crippen LogP contribution in [0.15, 0.2) is 18.2 Å². The maximum Gasteiger partial charge on any atom is 0.412 e. The molecule has 132 valence electrons. The van der Waals surface area contributed by atoms with Gasteiger partial charge in [0.2, 0.25) is 0 Å². The van der Waals surface area contributed by atoms with Crippen molar-refractivity contribution in [1.82, 2.24) is 0 Å². The summed E-state index contributed by atoms with van der Waals surface area (Å²) in [6, 6.07) is 5.00. The molecule has 1 aliphatic rings. The van der Waals surface area contributed by atoms with Crippen LogP contribution in [0.4, 0.5) is 10.5 Å². The molecule has 1 atom stereocenters. The van der Waals surface area contributed by atoms with Crippen LogP contribution in [0.25, 0.3) is 0 Å². The Morgan fingerprint density at radius 2 is 1.92 bits per heavy atom. The molecule has 0 aromatic heterocycles. The van der Waals surface area contributed by atoms with Gasteiger partial charge in [-0.2, -0.15) is 0 Å². The van der Waals surface area contributed by atoms with Gasteiger partial charge in [-0.25, -0.2) is 4.79 Å². The summed E-state index contributed by atoms with van der Waals surface area (Å²) >= 11 is 0. The summed E-state index contributed by atoms with van der Waals surface area (Å²) in [4.78, 5) is 23.7. The number of benzene rings is 1. The normalized spacial score (nSPS) is 16.9. The van der Waals surface area contributed by atoms with Crippen LogP contribution in [0.5, 0.6) is 0 Å². The number of esters is 1. The number of nitrogens with one attached hydrogen (secondary N) is 1. The lowest BCUT2D eigenvalue weighted by Crippen LogP contribution is -2.42.